The molecule has 0 unspecified atom stereocenters. The van der Waals surface area contributed by atoms with E-state index < -0.39 is 8.80 Å². The molecule has 3 aromatic carbocycles. The van der Waals surface area contributed by atoms with Gasteiger partial charge in [-0.1, -0.05) is 91.0 Å². The first-order valence-corrected chi connectivity index (χ1v) is 14.0. The van der Waals surface area contributed by atoms with Crippen molar-refractivity contribution in [2.45, 2.75) is 45.1 Å². The molecular weight excluding hydrogens is 412 g/mol. The molecule has 170 valence electrons. The van der Waals surface area contributed by atoms with Crippen LogP contribution in [0.4, 0.5) is 0 Å². The van der Waals surface area contributed by atoms with Crippen LogP contribution in [0.1, 0.15) is 36.0 Å². The summed E-state index contributed by atoms with van der Waals surface area (Å²) in [6, 6.07) is 31.6. The van der Waals surface area contributed by atoms with E-state index >= 15 is 0 Å². The quantitative estimate of drug-likeness (QED) is 0.196. The Hall–Kier alpha value is -2.24. The fourth-order valence-corrected chi connectivity index (χ4v) is 5.46. The minimum Gasteiger partial charge on any atom is -0.374 e. The minimum absolute atomic E-state index is 0.662. The Balaban J connectivity index is 1.42. The molecule has 0 fully saturated rings. The first kappa shape index (κ1) is 24.4. The van der Waals surface area contributed by atoms with Gasteiger partial charge in [0.05, 0.1) is 0 Å². The number of hydrogen-bond acceptors (Lipinski definition) is 3. The Morgan fingerprint density at radius 1 is 0.469 bits per heavy atom. The molecule has 0 aliphatic heterocycles. The zero-order valence-electron chi connectivity index (χ0n) is 19.2. The summed E-state index contributed by atoms with van der Waals surface area (Å²) in [5.41, 5.74) is 4.02. The maximum absolute atomic E-state index is 6.25. The number of aryl methyl sites for hydroxylation is 3. The van der Waals surface area contributed by atoms with E-state index in [1.165, 1.54) is 16.7 Å². The van der Waals surface area contributed by atoms with Gasteiger partial charge in [0, 0.05) is 26.4 Å². The van der Waals surface area contributed by atoms with E-state index in [1.54, 1.807) is 0 Å². The molecule has 0 aromatic heterocycles. The van der Waals surface area contributed by atoms with Crippen molar-refractivity contribution in [3.63, 3.8) is 0 Å². The van der Waals surface area contributed by atoms with Gasteiger partial charge >= 0.3 is 8.80 Å². The summed E-state index contributed by atoms with van der Waals surface area (Å²) < 4.78 is 18.8. The molecule has 0 spiro atoms. The molecule has 3 nitrogen and oxygen atoms in total. The number of rotatable bonds is 15. The second-order valence-electron chi connectivity index (χ2n) is 8.18. The lowest BCUT2D eigenvalue weighted by atomic mass is 10.1. The van der Waals surface area contributed by atoms with Crippen molar-refractivity contribution < 1.29 is 13.3 Å². The van der Waals surface area contributed by atoms with Gasteiger partial charge in [-0.15, -0.1) is 0 Å². The second kappa shape index (κ2) is 14.0. The second-order valence-corrected chi connectivity index (χ2v) is 10.8. The Kier molecular flexibility index (Phi) is 10.7. The number of benzene rings is 3. The molecule has 0 amide bonds. The molecule has 0 atom stereocenters. The first-order chi connectivity index (χ1) is 15.7. The molecule has 0 saturated carbocycles. The molecule has 32 heavy (non-hydrogen) atoms. The summed E-state index contributed by atoms with van der Waals surface area (Å²) in [5, 5.41) is 0. The van der Waals surface area contributed by atoms with Gasteiger partial charge in [0.15, 0.2) is 0 Å². The maximum Gasteiger partial charge on any atom is 0.497 e. The van der Waals surface area contributed by atoms with Crippen LogP contribution in [0, 0.1) is 0 Å². The van der Waals surface area contributed by atoms with Gasteiger partial charge in [-0.2, -0.15) is 0 Å². The van der Waals surface area contributed by atoms with Crippen LogP contribution < -0.4 is 0 Å². The molecule has 0 heterocycles. The predicted octanol–water partition coefficient (Wildman–Crippen LogP) is 6.50. The Morgan fingerprint density at radius 2 is 0.750 bits per heavy atom. The summed E-state index contributed by atoms with van der Waals surface area (Å²) >= 11 is 0. The summed E-state index contributed by atoms with van der Waals surface area (Å²) in [6.45, 7) is 4.03. The molecule has 4 heteroatoms. The predicted molar refractivity (Wildman–Crippen MR) is 134 cm³/mol. The summed E-state index contributed by atoms with van der Waals surface area (Å²) in [6.07, 6.45) is 5.92. The number of hydrogen-bond donors (Lipinski definition) is 0. The Morgan fingerprint density at radius 3 is 1.03 bits per heavy atom. The van der Waals surface area contributed by atoms with Crippen molar-refractivity contribution in [3.8, 4) is 0 Å². The molecular formula is C28H36O3Si. The summed E-state index contributed by atoms with van der Waals surface area (Å²) in [4.78, 5) is 0. The third-order valence-corrected chi connectivity index (χ3v) is 7.64. The van der Waals surface area contributed by atoms with Crippen molar-refractivity contribution in [2.75, 3.05) is 19.8 Å². The minimum atomic E-state index is -2.66. The molecule has 3 aromatic rings. The summed E-state index contributed by atoms with van der Waals surface area (Å²) in [7, 11) is -2.66. The van der Waals surface area contributed by atoms with Gasteiger partial charge in [0.1, 0.15) is 0 Å². The maximum atomic E-state index is 6.25. The topological polar surface area (TPSA) is 27.7 Å². The van der Waals surface area contributed by atoms with E-state index in [-0.39, 0.29) is 0 Å². The molecule has 0 bridgehead atoms. The van der Waals surface area contributed by atoms with Gasteiger partial charge in [-0.05, 0) is 55.2 Å². The van der Waals surface area contributed by atoms with E-state index in [0.29, 0.717) is 19.8 Å². The van der Waals surface area contributed by atoms with Crippen LogP contribution in [0.25, 0.3) is 0 Å². The highest BCUT2D eigenvalue weighted by molar-refractivity contribution is 6.59. The van der Waals surface area contributed by atoms with Gasteiger partial charge in [-0.3, -0.25) is 0 Å². The van der Waals surface area contributed by atoms with Crippen molar-refractivity contribution in [2.24, 2.45) is 0 Å². The fourth-order valence-electron chi connectivity index (χ4n) is 3.66. The van der Waals surface area contributed by atoms with E-state index in [4.69, 9.17) is 13.3 Å². The SMILES string of the molecule is C[Si](OCCCc1ccccc1)(OCCCc1ccccc1)OCCCc1ccccc1. The van der Waals surface area contributed by atoms with Crippen LogP contribution in [0.15, 0.2) is 91.0 Å². The average molecular weight is 449 g/mol. The highest BCUT2D eigenvalue weighted by atomic mass is 28.4. The smallest absolute Gasteiger partial charge is 0.374 e. The van der Waals surface area contributed by atoms with E-state index in [1.807, 2.05) is 6.55 Å². The van der Waals surface area contributed by atoms with Crippen LogP contribution in [-0.2, 0) is 32.5 Å². The Bertz CT molecular complexity index is 740. The van der Waals surface area contributed by atoms with Crippen molar-refractivity contribution in [1.82, 2.24) is 0 Å². The average Bonchev–Trinajstić information content (AvgIpc) is 2.85. The zero-order valence-corrected chi connectivity index (χ0v) is 20.2. The van der Waals surface area contributed by atoms with Crippen LogP contribution >= 0.6 is 0 Å². The van der Waals surface area contributed by atoms with E-state index in [0.717, 1.165) is 38.5 Å². The normalized spacial score (nSPS) is 11.5. The lowest BCUT2D eigenvalue weighted by Crippen LogP contribution is -2.43. The van der Waals surface area contributed by atoms with E-state index in [2.05, 4.69) is 91.0 Å². The van der Waals surface area contributed by atoms with Crippen LogP contribution in [0.5, 0.6) is 0 Å². The monoisotopic (exact) mass is 448 g/mol. The van der Waals surface area contributed by atoms with Gasteiger partial charge in [0.2, 0.25) is 0 Å². The van der Waals surface area contributed by atoms with Crippen molar-refractivity contribution in [1.29, 1.82) is 0 Å². The fraction of sp³-hybridized carbons (Fsp3) is 0.357. The van der Waals surface area contributed by atoms with Crippen LogP contribution in [-0.4, -0.2) is 28.6 Å². The lowest BCUT2D eigenvalue weighted by Gasteiger charge is -2.26. The Labute approximate surface area is 194 Å². The lowest BCUT2D eigenvalue weighted by molar-refractivity contribution is 0.0633. The summed E-state index contributed by atoms with van der Waals surface area (Å²) in [5.74, 6) is 0. The molecule has 0 aliphatic rings. The van der Waals surface area contributed by atoms with Crippen molar-refractivity contribution in [3.05, 3.63) is 108 Å². The largest absolute Gasteiger partial charge is 0.497 e. The highest BCUT2D eigenvalue weighted by Crippen LogP contribution is 2.14. The molecule has 3 rings (SSSR count). The zero-order chi connectivity index (χ0) is 22.3. The third kappa shape index (κ3) is 9.49. The van der Waals surface area contributed by atoms with Gasteiger partial charge < -0.3 is 13.3 Å². The first-order valence-electron chi connectivity index (χ1n) is 11.8. The van der Waals surface area contributed by atoms with E-state index in [9.17, 15) is 0 Å². The highest BCUT2D eigenvalue weighted by Gasteiger charge is 2.34. The van der Waals surface area contributed by atoms with Crippen LogP contribution in [0.2, 0.25) is 6.55 Å². The standard InChI is InChI=1S/C28H36O3Si/c1-32(29-23-11-20-26-14-5-2-6-15-26,30-24-12-21-27-16-7-3-8-17-27)31-25-13-22-28-18-9-4-10-19-28/h2-10,14-19H,11-13,20-25H2,1H3. The van der Waals surface area contributed by atoms with Gasteiger partial charge in [-0.25, -0.2) is 0 Å². The molecule has 0 N–H and O–H groups in total. The molecule has 0 radical (unpaired) electrons. The molecule has 0 aliphatic carbocycles. The molecule has 0 saturated heterocycles. The van der Waals surface area contributed by atoms with Crippen molar-refractivity contribution >= 4 is 8.80 Å². The van der Waals surface area contributed by atoms with Crippen LogP contribution in [0.3, 0.4) is 0 Å². The third-order valence-electron chi connectivity index (χ3n) is 5.45. The van der Waals surface area contributed by atoms with Gasteiger partial charge in [0.25, 0.3) is 0 Å².